The highest BCUT2D eigenvalue weighted by Gasteiger charge is 2.34. The number of nitrogens with zero attached hydrogens (tertiary/aromatic N) is 4. The van der Waals surface area contributed by atoms with E-state index < -0.39 is 16.2 Å². The predicted octanol–water partition coefficient (Wildman–Crippen LogP) is 1.75. The average molecular weight is 390 g/mol. The Kier molecular flexibility index (Phi) is 5.27. The zero-order valence-electron chi connectivity index (χ0n) is 15.5. The molecule has 1 fully saturated rings. The lowest BCUT2D eigenvalue weighted by Crippen LogP contribution is -2.38. The molecule has 27 heavy (non-hydrogen) atoms. The summed E-state index contributed by atoms with van der Waals surface area (Å²) in [5.41, 5.74) is 2.49. The van der Waals surface area contributed by atoms with Crippen molar-refractivity contribution >= 4 is 16.2 Å². The zero-order chi connectivity index (χ0) is 19.8. The number of hydrogen-bond acceptors (Lipinski definition) is 5. The maximum absolute atomic E-state index is 12.3. The summed E-state index contributed by atoms with van der Waals surface area (Å²) >= 11 is 0. The number of aromatic carboxylic acids is 1. The number of aryl methyl sites for hydroxylation is 1. The summed E-state index contributed by atoms with van der Waals surface area (Å²) in [5, 5.41) is 9.02. The van der Waals surface area contributed by atoms with Gasteiger partial charge in [-0.2, -0.15) is 17.0 Å². The van der Waals surface area contributed by atoms with E-state index >= 15 is 0 Å². The fraction of sp³-hybridized carbons (Fsp3) is 0.389. The van der Waals surface area contributed by atoms with E-state index in [2.05, 4.69) is 9.97 Å². The molecule has 1 atom stereocenters. The number of aromatic nitrogens is 2. The van der Waals surface area contributed by atoms with E-state index in [1.807, 2.05) is 13.0 Å². The Morgan fingerprint density at radius 1 is 1.22 bits per heavy atom. The van der Waals surface area contributed by atoms with Crippen LogP contribution in [0.5, 0.6) is 0 Å². The molecule has 3 rings (SSSR count). The average Bonchev–Trinajstić information content (AvgIpc) is 3.12. The lowest BCUT2D eigenvalue weighted by molar-refractivity contribution is 0.0697. The van der Waals surface area contributed by atoms with Gasteiger partial charge in [0.2, 0.25) is 0 Å². The minimum atomic E-state index is -3.45. The molecule has 1 aromatic carbocycles. The molecule has 1 saturated heterocycles. The van der Waals surface area contributed by atoms with Crippen molar-refractivity contribution in [1.29, 1.82) is 0 Å². The van der Waals surface area contributed by atoms with Crippen LogP contribution in [0.1, 0.15) is 34.2 Å². The molecule has 1 aromatic heterocycles. The van der Waals surface area contributed by atoms with Crippen molar-refractivity contribution in [3.63, 3.8) is 0 Å². The molecule has 2 aromatic rings. The fourth-order valence-electron chi connectivity index (χ4n) is 3.08. The third-order valence-corrected chi connectivity index (χ3v) is 6.51. The van der Waals surface area contributed by atoms with Gasteiger partial charge in [-0.1, -0.05) is 12.1 Å². The lowest BCUT2D eigenvalue weighted by Gasteiger charge is -2.20. The maximum atomic E-state index is 12.3. The number of benzene rings is 1. The van der Waals surface area contributed by atoms with Crippen LogP contribution in [0.15, 0.2) is 30.3 Å². The summed E-state index contributed by atoms with van der Waals surface area (Å²) in [6, 6.07) is 8.34. The molecular formula is C18H22N4O4S. The fourth-order valence-corrected chi connectivity index (χ4v) is 4.25. The van der Waals surface area contributed by atoms with Gasteiger partial charge in [0.05, 0.1) is 11.3 Å². The van der Waals surface area contributed by atoms with Crippen LogP contribution in [-0.2, 0) is 10.2 Å². The number of rotatable bonds is 5. The molecule has 0 radical (unpaired) electrons. The van der Waals surface area contributed by atoms with E-state index in [9.17, 15) is 13.2 Å². The van der Waals surface area contributed by atoms with Crippen molar-refractivity contribution in [3.05, 3.63) is 47.4 Å². The number of carbonyl (C=O) groups is 1. The molecule has 2 heterocycles. The number of carboxylic acid groups (broad SMARTS) is 1. The summed E-state index contributed by atoms with van der Waals surface area (Å²) in [7, 11) is -0.410. The summed E-state index contributed by atoms with van der Waals surface area (Å²) in [5.74, 6) is -0.435. The van der Waals surface area contributed by atoms with Gasteiger partial charge >= 0.3 is 5.97 Å². The van der Waals surface area contributed by atoms with Gasteiger partial charge in [-0.25, -0.2) is 14.8 Å². The summed E-state index contributed by atoms with van der Waals surface area (Å²) in [6.07, 6.45) is 0.661. The van der Waals surface area contributed by atoms with Crippen LogP contribution in [0.4, 0.5) is 0 Å². The molecule has 1 aliphatic heterocycles. The molecule has 1 aliphatic rings. The second-order valence-electron chi connectivity index (χ2n) is 6.77. The van der Waals surface area contributed by atoms with E-state index in [0.717, 1.165) is 11.3 Å². The van der Waals surface area contributed by atoms with Crippen molar-refractivity contribution in [3.8, 4) is 11.3 Å². The molecular weight excluding hydrogens is 368 g/mol. The molecule has 144 valence electrons. The molecule has 0 spiro atoms. The first-order valence-electron chi connectivity index (χ1n) is 8.55. The van der Waals surface area contributed by atoms with E-state index in [-0.39, 0.29) is 11.5 Å². The molecule has 0 bridgehead atoms. The van der Waals surface area contributed by atoms with Crippen LogP contribution in [0.2, 0.25) is 0 Å². The van der Waals surface area contributed by atoms with Crippen LogP contribution in [0.25, 0.3) is 11.3 Å². The van der Waals surface area contributed by atoms with Gasteiger partial charge in [0.1, 0.15) is 5.82 Å². The van der Waals surface area contributed by atoms with Crippen molar-refractivity contribution in [2.75, 3.05) is 27.2 Å². The Labute approximate surface area is 158 Å². The van der Waals surface area contributed by atoms with E-state index in [1.165, 1.54) is 34.8 Å². The second-order valence-corrected chi connectivity index (χ2v) is 8.91. The highest BCUT2D eigenvalue weighted by Crippen LogP contribution is 2.29. The summed E-state index contributed by atoms with van der Waals surface area (Å²) < 4.78 is 27.3. The second kappa shape index (κ2) is 7.34. The van der Waals surface area contributed by atoms with E-state index in [1.54, 1.807) is 12.1 Å². The SMILES string of the molecule is Cc1cc(-c2ccc(C(=O)O)cc2)nc([C@@H]2CCN(S(=O)(=O)N(C)C)C2)n1. The van der Waals surface area contributed by atoms with Crippen LogP contribution in [0.3, 0.4) is 0 Å². The molecule has 9 heteroatoms. The third kappa shape index (κ3) is 4.00. The topological polar surface area (TPSA) is 104 Å². The number of hydrogen-bond donors (Lipinski definition) is 1. The van der Waals surface area contributed by atoms with Gasteiger partial charge in [0.25, 0.3) is 10.2 Å². The molecule has 0 aliphatic carbocycles. The normalized spacial score (nSPS) is 18.1. The molecule has 8 nitrogen and oxygen atoms in total. The summed E-state index contributed by atoms with van der Waals surface area (Å²) in [4.78, 5) is 20.1. The van der Waals surface area contributed by atoms with E-state index in [0.29, 0.717) is 31.0 Å². The minimum absolute atomic E-state index is 0.0725. The van der Waals surface area contributed by atoms with Gasteiger partial charge in [0.15, 0.2) is 0 Å². The first-order chi connectivity index (χ1) is 12.7. The first kappa shape index (κ1) is 19.4. The smallest absolute Gasteiger partial charge is 0.335 e. The van der Waals surface area contributed by atoms with Gasteiger partial charge < -0.3 is 5.11 Å². The van der Waals surface area contributed by atoms with Crippen molar-refractivity contribution in [2.45, 2.75) is 19.3 Å². The molecule has 1 N–H and O–H groups in total. The van der Waals surface area contributed by atoms with Crippen LogP contribution < -0.4 is 0 Å². The van der Waals surface area contributed by atoms with Crippen LogP contribution >= 0.6 is 0 Å². The van der Waals surface area contributed by atoms with Crippen molar-refractivity contribution < 1.29 is 18.3 Å². The molecule has 0 saturated carbocycles. The highest BCUT2D eigenvalue weighted by molar-refractivity contribution is 7.86. The highest BCUT2D eigenvalue weighted by atomic mass is 32.2. The van der Waals surface area contributed by atoms with Crippen LogP contribution in [-0.4, -0.2) is 65.3 Å². The Hall–Kier alpha value is -2.36. The monoisotopic (exact) mass is 390 g/mol. The lowest BCUT2D eigenvalue weighted by atomic mass is 10.1. The van der Waals surface area contributed by atoms with Gasteiger partial charge in [-0.15, -0.1) is 0 Å². The minimum Gasteiger partial charge on any atom is -0.478 e. The van der Waals surface area contributed by atoms with Gasteiger partial charge in [-0.3, -0.25) is 0 Å². The zero-order valence-corrected chi connectivity index (χ0v) is 16.3. The van der Waals surface area contributed by atoms with Crippen LogP contribution in [0, 0.1) is 6.92 Å². The van der Waals surface area contributed by atoms with Gasteiger partial charge in [0, 0.05) is 44.4 Å². The Morgan fingerprint density at radius 3 is 2.48 bits per heavy atom. The quantitative estimate of drug-likeness (QED) is 0.834. The van der Waals surface area contributed by atoms with E-state index in [4.69, 9.17) is 5.11 Å². The van der Waals surface area contributed by atoms with Gasteiger partial charge in [-0.05, 0) is 31.5 Å². The largest absolute Gasteiger partial charge is 0.478 e. The summed E-state index contributed by atoms with van der Waals surface area (Å²) in [6.45, 7) is 2.65. The van der Waals surface area contributed by atoms with Crippen molar-refractivity contribution in [2.24, 2.45) is 0 Å². The Bertz CT molecular complexity index is 958. The Morgan fingerprint density at radius 2 is 1.89 bits per heavy atom. The van der Waals surface area contributed by atoms with Crippen molar-refractivity contribution in [1.82, 2.24) is 18.6 Å². The third-order valence-electron chi connectivity index (χ3n) is 4.60. The standard InChI is InChI=1S/C18H22N4O4S/c1-12-10-16(13-4-6-14(7-5-13)18(23)24)20-17(19-12)15-8-9-22(11-15)27(25,26)21(2)3/h4-7,10,15H,8-9,11H2,1-3H3,(H,23,24)/t15-/m1/s1. The number of carboxylic acids is 1. The maximum Gasteiger partial charge on any atom is 0.335 e. The first-order valence-corrected chi connectivity index (χ1v) is 9.95. The predicted molar refractivity (Wildman–Crippen MR) is 101 cm³/mol. The molecule has 0 amide bonds. The molecule has 0 unspecified atom stereocenters. The Balaban J connectivity index is 1.87.